The maximum Gasteiger partial charge on any atom is 0.268 e. The summed E-state index contributed by atoms with van der Waals surface area (Å²) in [5, 5.41) is 6.69. The van der Waals surface area contributed by atoms with Gasteiger partial charge >= 0.3 is 0 Å². The van der Waals surface area contributed by atoms with Crippen LogP contribution in [0.1, 0.15) is 36.7 Å². The lowest BCUT2D eigenvalue weighted by Gasteiger charge is -2.14. The van der Waals surface area contributed by atoms with Gasteiger partial charge in [-0.15, -0.1) is 0 Å². The first kappa shape index (κ1) is 21.0. The van der Waals surface area contributed by atoms with Crippen molar-refractivity contribution in [3.05, 3.63) is 42.4 Å². The van der Waals surface area contributed by atoms with Gasteiger partial charge in [0.05, 0.1) is 5.69 Å². The number of aromatic nitrogens is 3. The Morgan fingerprint density at radius 1 is 1.10 bits per heavy atom. The molecule has 3 heterocycles. The molecule has 4 rings (SSSR count). The molecule has 0 unspecified atom stereocenters. The van der Waals surface area contributed by atoms with E-state index in [1.165, 1.54) is 19.2 Å². The van der Waals surface area contributed by atoms with Crippen LogP contribution in [-0.2, 0) is 11.8 Å². The molecule has 2 amide bonds. The van der Waals surface area contributed by atoms with Gasteiger partial charge in [-0.2, -0.15) is 0 Å². The monoisotopic (exact) mass is 420 g/mol. The predicted octanol–water partition coefficient (Wildman–Crippen LogP) is 2.81. The molecule has 0 atom stereocenters. The van der Waals surface area contributed by atoms with Crippen molar-refractivity contribution in [2.45, 2.75) is 26.2 Å². The third kappa shape index (κ3) is 4.59. The van der Waals surface area contributed by atoms with Crippen molar-refractivity contribution >= 4 is 28.5 Å². The molecule has 1 aliphatic rings. The predicted molar refractivity (Wildman–Crippen MR) is 121 cm³/mol. The molecule has 2 aromatic heterocycles. The summed E-state index contributed by atoms with van der Waals surface area (Å²) in [5.41, 5.74) is 3.66. The number of benzene rings is 1. The van der Waals surface area contributed by atoms with Crippen LogP contribution in [0.4, 0.5) is 5.69 Å². The van der Waals surface area contributed by atoms with Crippen molar-refractivity contribution in [3.63, 3.8) is 0 Å². The summed E-state index contributed by atoms with van der Waals surface area (Å²) in [6.07, 6.45) is 4.43. The molecule has 3 aromatic rings. The van der Waals surface area contributed by atoms with Crippen molar-refractivity contribution in [2.75, 3.05) is 31.5 Å². The van der Waals surface area contributed by atoms with Gasteiger partial charge in [0.25, 0.3) is 5.91 Å². The molecule has 0 saturated carbocycles. The van der Waals surface area contributed by atoms with Crippen LogP contribution in [0.25, 0.3) is 22.3 Å². The van der Waals surface area contributed by atoms with E-state index in [0.717, 1.165) is 42.0 Å². The number of nitrogens with one attached hydrogen (secondary N) is 2. The van der Waals surface area contributed by atoms with E-state index in [9.17, 15) is 9.59 Å². The molecule has 1 fully saturated rings. The molecule has 0 spiro atoms. The van der Waals surface area contributed by atoms with Crippen molar-refractivity contribution in [2.24, 2.45) is 7.05 Å². The van der Waals surface area contributed by atoms with Crippen LogP contribution in [0.3, 0.4) is 0 Å². The molecule has 1 saturated heterocycles. The van der Waals surface area contributed by atoms with Gasteiger partial charge in [0, 0.05) is 43.2 Å². The molecule has 1 aliphatic heterocycles. The number of aryl methyl sites for hydroxylation is 1. The lowest BCUT2D eigenvalue weighted by Crippen LogP contribution is -2.34. The second-order valence-electron chi connectivity index (χ2n) is 7.83. The highest BCUT2D eigenvalue weighted by molar-refractivity contribution is 6.01. The quantitative estimate of drug-likeness (QED) is 0.613. The number of carbonyl (C=O) groups is 2. The van der Waals surface area contributed by atoms with Crippen LogP contribution >= 0.6 is 0 Å². The number of amides is 2. The molecule has 0 radical (unpaired) electrons. The summed E-state index contributed by atoms with van der Waals surface area (Å²) in [6, 6.07) is 9.38. The van der Waals surface area contributed by atoms with E-state index >= 15 is 0 Å². The van der Waals surface area contributed by atoms with Crippen molar-refractivity contribution in [1.82, 2.24) is 24.8 Å². The molecule has 1 aromatic carbocycles. The van der Waals surface area contributed by atoms with Crippen molar-refractivity contribution in [1.29, 1.82) is 0 Å². The fourth-order valence-corrected chi connectivity index (χ4v) is 3.97. The Hall–Kier alpha value is -3.26. The SMILES string of the molecule is CCC(=O)Nc1ccc(-c2ncnc3c2cc(C(=O)NCCN2CCCC2)n3C)cc1. The van der Waals surface area contributed by atoms with E-state index < -0.39 is 0 Å². The average Bonchev–Trinajstić information content (AvgIpc) is 3.42. The topological polar surface area (TPSA) is 92.2 Å². The average molecular weight is 421 g/mol. The van der Waals surface area contributed by atoms with Gasteiger partial charge in [0.1, 0.15) is 17.7 Å². The zero-order valence-corrected chi connectivity index (χ0v) is 18.0. The minimum Gasteiger partial charge on any atom is -0.349 e. The first-order chi connectivity index (χ1) is 15.1. The lowest BCUT2D eigenvalue weighted by atomic mass is 10.1. The van der Waals surface area contributed by atoms with Gasteiger partial charge in [0.15, 0.2) is 0 Å². The number of rotatable bonds is 7. The summed E-state index contributed by atoms with van der Waals surface area (Å²) < 4.78 is 1.81. The van der Waals surface area contributed by atoms with E-state index in [1.54, 1.807) is 0 Å². The number of hydrogen-bond acceptors (Lipinski definition) is 5. The molecular weight excluding hydrogens is 392 g/mol. The fraction of sp³-hybridized carbons (Fsp3) is 0.391. The minimum absolute atomic E-state index is 0.0272. The van der Waals surface area contributed by atoms with E-state index in [-0.39, 0.29) is 11.8 Å². The highest BCUT2D eigenvalue weighted by Crippen LogP contribution is 2.28. The Balaban J connectivity index is 1.54. The number of nitrogens with zero attached hydrogens (tertiary/aromatic N) is 4. The van der Waals surface area contributed by atoms with E-state index in [1.807, 2.05) is 48.9 Å². The van der Waals surface area contributed by atoms with Crippen LogP contribution in [0.2, 0.25) is 0 Å². The van der Waals surface area contributed by atoms with E-state index in [4.69, 9.17) is 0 Å². The van der Waals surface area contributed by atoms with Gasteiger partial charge in [-0.25, -0.2) is 9.97 Å². The smallest absolute Gasteiger partial charge is 0.268 e. The lowest BCUT2D eigenvalue weighted by molar-refractivity contribution is -0.115. The van der Waals surface area contributed by atoms with Gasteiger partial charge in [0.2, 0.25) is 5.91 Å². The van der Waals surface area contributed by atoms with Crippen LogP contribution < -0.4 is 10.6 Å². The third-order valence-corrected chi connectivity index (χ3v) is 5.73. The summed E-state index contributed by atoms with van der Waals surface area (Å²) in [5.74, 6) is -0.135. The first-order valence-electron chi connectivity index (χ1n) is 10.8. The number of carbonyl (C=O) groups excluding carboxylic acids is 2. The molecule has 0 aliphatic carbocycles. The maximum atomic E-state index is 12.8. The van der Waals surface area contributed by atoms with E-state index in [0.29, 0.717) is 24.3 Å². The summed E-state index contributed by atoms with van der Waals surface area (Å²) in [6.45, 7) is 5.55. The number of fused-ring (bicyclic) bond motifs is 1. The van der Waals surface area contributed by atoms with Crippen LogP contribution in [-0.4, -0.2) is 57.4 Å². The van der Waals surface area contributed by atoms with Gasteiger partial charge in [-0.1, -0.05) is 19.1 Å². The zero-order chi connectivity index (χ0) is 21.8. The minimum atomic E-state index is -0.108. The summed E-state index contributed by atoms with van der Waals surface area (Å²) in [4.78, 5) is 35.6. The number of anilines is 1. The second kappa shape index (κ2) is 9.26. The Kier molecular flexibility index (Phi) is 6.27. The third-order valence-electron chi connectivity index (χ3n) is 5.73. The summed E-state index contributed by atoms with van der Waals surface area (Å²) in [7, 11) is 1.85. The fourth-order valence-electron chi connectivity index (χ4n) is 3.97. The van der Waals surface area contributed by atoms with Crippen LogP contribution in [0.15, 0.2) is 36.7 Å². The van der Waals surface area contributed by atoms with E-state index in [2.05, 4.69) is 25.5 Å². The molecule has 8 heteroatoms. The normalized spacial score (nSPS) is 14.1. The Morgan fingerprint density at radius 2 is 1.84 bits per heavy atom. The van der Waals surface area contributed by atoms with Crippen LogP contribution in [0.5, 0.6) is 0 Å². The Bertz CT molecular complexity index is 1080. The summed E-state index contributed by atoms with van der Waals surface area (Å²) >= 11 is 0. The molecule has 162 valence electrons. The molecular formula is C23H28N6O2. The number of likely N-dealkylation sites (tertiary alicyclic amines) is 1. The van der Waals surface area contributed by atoms with Crippen molar-refractivity contribution in [3.8, 4) is 11.3 Å². The molecule has 8 nitrogen and oxygen atoms in total. The first-order valence-corrected chi connectivity index (χ1v) is 10.8. The van der Waals surface area contributed by atoms with Gasteiger partial charge in [-0.05, 0) is 44.1 Å². The molecule has 31 heavy (non-hydrogen) atoms. The largest absolute Gasteiger partial charge is 0.349 e. The Morgan fingerprint density at radius 3 is 2.55 bits per heavy atom. The highest BCUT2D eigenvalue weighted by Gasteiger charge is 2.18. The molecule has 0 bridgehead atoms. The van der Waals surface area contributed by atoms with Gasteiger partial charge < -0.3 is 20.1 Å². The standard InChI is InChI=1S/C23H28N6O2/c1-3-20(30)27-17-8-6-16(7-9-17)21-18-14-19(28(2)22(18)26-15-25-21)23(31)24-10-13-29-11-4-5-12-29/h6-9,14-15H,3-5,10-13H2,1-2H3,(H,24,31)(H,27,30). The second-order valence-corrected chi connectivity index (χ2v) is 7.83. The highest BCUT2D eigenvalue weighted by atomic mass is 16.2. The van der Waals surface area contributed by atoms with Crippen LogP contribution in [0, 0.1) is 0 Å². The number of hydrogen-bond donors (Lipinski definition) is 2. The Labute approximate surface area is 181 Å². The zero-order valence-electron chi connectivity index (χ0n) is 18.0. The van der Waals surface area contributed by atoms with Gasteiger partial charge in [-0.3, -0.25) is 9.59 Å². The molecule has 2 N–H and O–H groups in total. The van der Waals surface area contributed by atoms with Crippen molar-refractivity contribution < 1.29 is 9.59 Å². The maximum absolute atomic E-state index is 12.8.